The zero-order valence-corrected chi connectivity index (χ0v) is 12.1. The van der Waals surface area contributed by atoms with Crippen molar-refractivity contribution in [2.24, 2.45) is 0 Å². The van der Waals surface area contributed by atoms with Crippen molar-refractivity contribution in [1.82, 2.24) is 20.1 Å². The van der Waals surface area contributed by atoms with Crippen LogP contribution in [0.4, 0.5) is 0 Å². The third kappa shape index (κ3) is 4.70. The van der Waals surface area contributed by atoms with Crippen LogP contribution in [-0.2, 0) is 6.54 Å². The number of aromatic amines is 1. The van der Waals surface area contributed by atoms with E-state index in [-0.39, 0.29) is 5.69 Å². The average molecular weight is 270 g/mol. The first-order chi connectivity index (χ1) is 8.54. The quantitative estimate of drug-likeness (QED) is 0.557. The minimum Gasteiger partial charge on any atom is -0.311 e. The normalized spacial score (nSPS) is 11.1. The Morgan fingerprint density at radius 2 is 2.33 bits per heavy atom. The van der Waals surface area contributed by atoms with Crippen LogP contribution in [0.25, 0.3) is 0 Å². The fourth-order valence-electron chi connectivity index (χ4n) is 1.40. The van der Waals surface area contributed by atoms with Gasteiger partial charge in [-0.05, 0) is 6.42 Å². The van der Waals surface area contributed by atoms with Crippen molar-refractivity contribution in [2.75, 3.05) is 12.3 Å². The van der Waals surface area contributed by atoms with Crippen molar-refractivity contribution in [3.63, 3.8) is 0 Å². The molecule has 1 heterocycles. The Morgan fingerprint density at radius 3 is 2.94 bits per heavy atom. The summed E-state index contributed by atoms with van der Waals surface area (Å²) in [5, 5.41) is 10.6. The van der Waals surface area contributed by atoms with Crippen molar-refractivity contribution in [3.8, 4) is 0 Å². The SMILES string of the molecule is C=C(CNC(C)C)CSc1n[nH]c(=O)n1CCC. The fourth-order valence-corrected chi connectivity index (χ4v) is 2.28. The van der Waals surface area contributed by atoms with Crippen LogP contribution in [0.3, 0.4) is 0 Å². The third-order valence-electron chi connectivity index (χ3n) is 2.34. The molecular weight excluding hydrogens is 248 g/mol. The van der Waals surface area contributed by atoms with Gasteiger partial charge in [0, 0.05) is 24.9 Å². The molecule has 0 aliphatic rings. The highest BCUT2D eigenvalue weighted by molar-refractivity contribution is 7.99. The van der Waals surface area contributed by atoms with E-state index in [0.717, 1.165) is 29.4 Å². The van der Waals surface area contributed by atoms with Crippen LogP contribution in [0.2, 0.25) is 0 Å². The summed E-state index contributed by atoms with van der Waals surface area (Å²) in [4.78, 5) is 11.5. The van der Waals surface area contributed by atoms with Gasteiger partial charge in [-0.2, -0.15) is 0 Å². The van der Waals surface area contributed by atoms with Gasteiger partial charge in [0.2, 0.25) is 0 Å². The Balaban J connectivity index is 2.48. The van der Waals surface area contributed by atoms with Gasteiger partial charge in [0.05, 0.1) is 0 Å². The summed E-state index contributed by atoms with van der Waals surface area (Å²) in [6, 6.07) is 0.454. The minimum atomic E-state index is -0.134. The molecule has 6 heteroatoms. The molecule has 0 aromatic carbocycles. The lowest BCUT2D eigenvalue weighted by Gasteiger charge is -2.10. The van der Waals surface area contributed by atoms with E-state index in [1.807, 2.05) is 6.92 Å². The molecule has 0 unspecified atom stereocenters. The molecule has 1 aromatic rings. The fraction of sp³-hybridized carbons (Fsp3) is 0.667. The predicted molar refractivity (Wildman–Crippen MR) is 76.1 cm³/mol. The van der Waals surface area contributed by atoms with Crippen molar-refractivity contribution in [2.45, 2.75) is 44.9 Å². The number of hydrogen-bond acceptors (Lipinski definition) is 4. The van der Waals surface area contributed by atoms with E-state index < -0.39 is 0 Å². The van der Waals surface area contributed by atoms with Gasteiger partial charge in [-0.1, -0.05) is 44.7 Å². The first-order valence-corrected chi connectivity index (χ1v) is 7.21. The van der Waals surface area contributed by atoms with Gasteiger partial charge in [0.1, 0.15) is 0 Å². The van der Waals surface area contributed by atoms with E-state index in [9.17, 15) is 4.79 Å². The molecule has 0 spiro atoms. The Bertz CT molecular complexity index is 436. The summed E-state index contributed by atoms with van der Waals surface area (Å²) >= 11 is 1.55. The number of nitrogens with one attached hydrogen (secondary N) is 2. The average Bonchev–Trinajstić information content (AvgIpc) is 2.66. The molecule has 0 atom stereocenters. The molecule has 1 rings (SSSR count). The zero-order chi connectivity index (χ0) is 13.5. The zero-order valence-electron chi connectivity index (χ0n) is 11.3. The second-order valence-corrected chi connectivity index (χ2v) is 5.48. The second-order valence-electron chi connectivity index (χ2n) is 4.54. The summed E-state index contributed by atoms with van der Waals surface area (Å²) in [6.07, 6.45) is 0.919. The number of hydrogen-bond donors (Lipinski definition) is 2. The summed E-state index contributed by atoms with van der Waals surface area (Å²) < 4.78 is 1.67. The van der Waals surface area contributed by atoms with E-state index in [0.29, 0.717) is 12.6 Å². The highest BCUT2D eigenvalue weighted by atomic mass is 32.2. The lowest BCUT2D eigenvalue weighted by Crippen LogP contribution is -2.25. The number of thioether (sulfide) groups is 1. The molecule has 2 N–H and O–H groups in total. The van der Waals surface area contributed by atoms with Gasteiger partial charge in [0.25, 0.3) is 0 Å². The van der Waals surface area contributed by atoms with Crippen LogP contribution in [0.1, 0.15) is 27.2 Å². The van der Waals surface area contributed by atoms with Gasteiger partial charge in [-0.3, -0.25) is 4.57 Å². The third-order valence-corrected chi connectivity index (χ3v) is 3.46. The molecule has 0 aliphatic heterocycles. The number of aromatic nitrogens is 3. The first-order valence-electron chi connectivity index (χ1n) is 6.22. The molecule has 0 saturated carbocycles. The van der Waals surface area contributed by atoms with Crippen molar-refractivity contribution in [1.29, 1.82) is 0 Å². The smallest absolute Gasteiger partial charge is 0.311 e. The van der Waals surface area contributed by atoms with Crippen LogP contribution in [0.5, 0.6) is 0 Å². The largest absolute Gasteiger partial charge is 0.343 e. The van der Waals surface area contributed by atoms with Crippen LogP contribution >= 0.6 is 11.8 Å². The van der Waals surface area contributed by atoms with E-state index >= 15 is 0 Å². The number of nitrogens with zero attached hydrogens (tertiary/aromatic N) is 2. The lowest BCUT2D eigenvalue weighted by molar-refractivity contribution is 0.603. The van der Waals surface area contributed by atoms with Crippen molar-refractivity contribution in [3.05, 3.63) is 22.6 Å². The van der Waals surface area contributed by atoms with Gasteiger partial charge in [-0.15, -0.1) is 5.10 Å². The maximum atomic E-state index is 11.5. The van der Waals surface area contributed by atoms with Crippen molar-refractivity contribution < 1.29 is 0 Å². The Labute approximate surface area is 112 Å². The van der Waals surface area contributed by atoms with Gasteiger partial charge >= 0.3 is 5.69 Å². The molecule has 102 valence electrons. The number of H-pyrrole nitrogens is 1. The maximum Gasteiger partial charge on any atom is 0.343 e. The minimum absolute atomic E-state index is 0.134. The molecule has 0 amide bonds. The highest BCUT2D eigenvalue weighted by Gasteiger charge is 2.08. The molecule has 1 aromatic heterocycles. The van der Waals surface area contributed by atoms with Gasteiger partial charge in [-0.25, -0.2) is 9.89 Å². The van der Waals surface area contributed by atoms with Crippen LogP contribution < -0.4 is 11.0 Å². The Kier molecular flexibility index (Phi) is 6.21. The standard InChI is InChI=1S/C12H22N4OS/c1-5-6-16-11(17)14-15-12(16)18-8-10(4)7-13-9(2)3/h9,13H,4-8H2,1-3H3,(H,14,17). The second kappa shape index (κ2) is 7.43. The van der Waals surface area contributed by atoms with E-state index in [2.05, 4.69) is 35.9 Å². The molecular formula is C12H22N4OS. The van der Waals surface area contributed by atoms with Gasteiger partial charge in [0.15, 0.2) is 5.16 Å². The lowest BCUT2D eigenvalue weighted by atomic mass is 10.3. The molecule has 18 heavy (non-hydrogen) atoms. The Morgan fingerprint density at radius 1 is 1.61 bits per heavy atom. The predicted octanol–water partition coefficient (Wildman–Crippen LogP) is 1.63. The van der Waals surface area contributed by atoms with E-state index in [4.69, 9.17) is 0 Å². The van der Waals surface area contributed by atoms with E-state index in [1.54, 1.807) is 16.3 Å². The summed E-state index contributed by atoms with van der Waals surface area (Å²) in [5.41, 5.74) is 0.970. The summed E-state index contributed by atoms with van der Waals surface area (Å²) in [7, 11) is 0. The first kappa shape index (κ1) is 15.0. The van der Waals surface area contributed by atoms with E-state index in [1.165, 1.54) is 0 Å². The molecule has 0 fully saturated rings. The molecule has 5 nitrogen and oxygen atoms in total. The molecule has 0 bridgehead atoms. The number of rotatable bonds is 8. The maximum absolute atomic E-state index is 11.5. The monoisotopic (exact) mass is 270 g/mol. The molecule has 0 radical (unpaired) electrons. The summed E-state index contributed by atoms with van der Waals surface area (Å²) in [6.45, 7) is 11.8. The van der Waals surface area contributed by atoms with Crippen LogP contribution in [0, 0.1) is 0 Å². The highest BCUT2D eigenvalue weighted by Crippen LogP contribution is 2.16. The van der Waals surface area contributed by atoms with Gasteiger partial charge < -0.3 is 5.32 Å². The molecule has 0 aliphatic carbocycles. The van der Waals surface area contributed by atoms with Crippen LogP contribution in [-0.4, -0.2) is 33.1 Å². The topological polar surface area (TPSA) is 62.7 Å². The summed E-state index contributed by atoms with van der Waals surface area (Å²) in [5.74, 6) is 0.772. The Hall–Kier alpha value is -1.01. The van der Waals surface area contributed by atoms with Crippen LogP contribution in [0.15, 0.2) is 22.1 Å². The van der Waals surface area contributed by atoms with Crippen molar-refractivity contribution >= 4 is 11.8 Å². The molecule has 0 saturated heterocycles.